The Morgan fingerprint density at radius 2 is 1.90 bits per heavy atom. The number of rotatable bonds is 5. The van der Waals surface area contributed by atoms with Crippen LogP contribution < -0.4 is 4.74 Å². The Kier molecular flexibility index (Phi) is 5.18. The quantitative estimate of drug-likeness (QED) is 0.774. The van der Waals surface area contributed by atoms with Crippen molar-refractivity contribution in [3.63, 3.8) is 0 Å². The van der Waals surface area contributed by atoms with Crippen molar-refractivity contribution < 1.29 is 17.9 Å². The molecule has 0 aromatic heterocycles. The lowest BCUT2D eigenvalue weighted by Crippen LogP contribution is -2.40. The summed E-state index contributed by atoms with van der Waals surface area (Å²) in [6.07, 6.45) is 1.20. The lowest BCUT2D eigenvalue weighted by Gasteiger charge is -2.35. The minimum atomic E-state index is -3.59. The summed E-state index contributed by atoms with van der Waals surface area (Å²) in [6.45, 7) is 1.28. The van der Waals surface area contributed by atoms with E-state index in [-0.39, 0.29) is 12.4 Å². The molecule has 1 aliphatic rings. The van der Waals surface area contributed by atoms with Crippen molar-refractivity contribution in [2.45, 2.75) is 12.8 Å². The molecule has 0 N–H and O–H groups in total. The summed E-state index contributed by atoms with van der Waals surface area (Å²) in [5, 5.41) is 0.503. The van der Waals surface area contributed by atoms with Gasteiger partial charge in [-0.25, -0.2) is 8.42 Å². The molecule has 2 rings (SSSR count). The fourth-order valence-corrected chi connectivity index (χ4v) is 4.28. The van der Waals surface area contributed by atoms with Gasteiger partial charge in [0.25, 0.3) is 0 Å². The molecule has 0 aliphatic carbocycles. The highest BCUT2D eigenvalue weighted by Gasteiger charge is 2.37. The van der Waals surface area contributed by atoms with E-state index < -0.39 is 14.5 Å². The van der Waals surface area contributed by atoms with Crippen LogP contribution in [-0.2, 0) is 13.8 Å². The van der Waals surface area contributed by atoms with Gasteiger partial charge in [0.15, 0.2) is 0 Å². The summed E-state index contributed by atoms with van der Waals surface area (Å²) < 4.78 is 33.9. The normalized spacial score (nSPS) is 18.7. The maximum atomic E-state index is 11.4. The number of hydrogen-bond acceptors (Lipinski definition) is 4. The van der Waals surface area contributed by atoms with Crippen molar-refractivity contribution >= 4 is 31.3 Å². The zero-order valence-corrected chi connectivity index (χ0v) is 13.2. The van der Waals surface area contributed by atoms with Gasteiger partial charge in [0.05, 0.1) is 17.4 Å². The Morgan fingerprint density at radius 3 is 2.50 bits per heavy atom. The van der Waals surface area contributed by atoms with Crippen LogP contribution in [0.25, 0.3) is 0 Å². The van der Waals surface area contributed by atoms with E-state index in [1.165, 1.54) is 0 Å². The Balaban J connectivity index is 2.10. The third kappa shape index (κ3) is 4.52. The molecule has 1 aliphatic heterocycles. The van der Waals surface area contributed by atoms with Crippen molar-refractivity contribution in [2.75, 3.05) is 25.6 Å². The summed E-state index contributed by atoms with van der Waals surface area (Å²) >= 11 is 6.03. The summed E-state index contributed by atoms with van der Waals surface area (Å²) in [6, 6.07) is 7.11. The third-order valence-electron chi connectivity index (χ3n) is 3.40. The molecule has 0 saturated carbocycles. The van der Waals surface area contributed by atoms with E-state index in [1.54, 1.807) is 12.1 Å². The van der Waals surface area contributed by atoms with Crippen molar-refractivity contribution in [1.29, 1.82) is 0 Å². The zero-order chi connectivity index (χ0) is 14.6. The van der Waals surface area contributed by atoms with Crippen molar-refractivity contribution in [3.05, 3.63) is 29.3 Å². The van der Waals surface area contributed by atoms with Crippen molar-refractivity contribution in [1.82, 2.24) is 0 Å². The van der Waals surface area contributed by atoms with Crippen LogP contribution in [-0.4, -0.2) is 34.0 Å². The first-order valence-corrected chi connectivity index (χ1v) is 9.13. The molecule has 0 spiro atoms. The Morgan fingerprint density at radius 1 is 1.25 bits per heavy atom. The molecule has 0 unspecified atom stereocenters. The maximum absolute atomic E-state index is 11.4. The standard InChI is InChI=1S/C13H16Cl2O4S/c14-11-3-1-2-4-12(11)19-9-13(10-20(15,16)17)5-7-18-8-6-13/h1-4H,5-10H2. The molecule has 0 atom stereocenters. The summed E-state index contributed by atoms with van der Waals surface area (Å²) in [7, 11) is 1.83. The van der Waals surface area contributed by atoms with Gasteiger partial charge < -0.3 is 9.47 Å². The second-order valence-corrected chi connectivity index (χ2v) is 8.20. The number of halogens is 2. The molecule has 1 aromatic carbocycles. The molecule has 1 fully saturated rings. The smallest absolute Gasteiger partial charge is 0.233 e. The van der Waals surface area contributed by atoms with Gasteiger partial charge in [-0.15, -0.1) is 0 Å². The lowest BCUT2D eigenvalue weighted by atomic mass is 9.83. The molecule has 4 nitrogen and oxygen atoms in total. The second-order valence-electron chi connectivity index (χ2n) is 5.01. The van der Waals surface area contributed by atoms with Gasteiger partial charge in [-0.05, 0) is 25.0 Å². The van der Waals surface area contributed by atoms with Gasteiger partial charge in [-0.1, -0.05) is 23.7 Å². The van der Waals surface area contributed by atoms with Crippen LogP contribution in [0.3, 0.4) is 0 Å². The van der Waals surface area contributed by atoms with Crippen molar-refractivity contribution in [2.24, 2.45) is 5.41 Å². The second kappa shape index (κ2) is 6.52. The molecule has 1 aromatic rings. The third-order valence-corrected chi connectivity index (χ3v) is 5.00. The van der Waals surface area contributed by atoms with Crippen LogP contribution in [0.15, 0.2) is 24.3 Å². The molecule has 0 amide bonds. The SMILES string of the molecule is O=S(=O)(Cl)CC1(COc2ccccc2Cl)CCOCC1. The van der Waals surface area contributed by atoms with Crippen LogP contribution in [0.5, 0.6) is 5.75 Å². The van der Waals surface area contributed by atoms with E-state index in [2.05, 4.69) is 0 Å². The predicted molar refractivity (Wildman–Crippen MR) is 79.1 cm³/mol. The topological polar surface area (TPSA) is 52.6 Å². The van der Waals surface area contributed by atoms with Crippen LogP contribution in [0.2, 0.25) is 5.02 Å². The Bertz CT molecular complexity index is 553. The van der Waals surface area contributed by atoms with Gasteiger partial charge in [0, 0.05) is 29.3 Å². The molecule has 0 radical (unpaired) electrons. The molecule has 112 valence electrons. The van der Waals surface area contributed by atoms with Crippen LogP contribution in [0, 0.1) is 5.41 Å². The molecular formula is C13H16Cl2O4S. The van der Waals surface area contributed by atoms with E-state index >= 15 is 0 Å². The average molecular weight is 339 g/mol. The van der Waals surface area contributed by atoms with Gasteiger partial charge in [0.1, 0.15) is 5.75 Å². The Labute approximate surface area is 128 Å². The first-order chi connectivity index (χ1) is 9.40. The molecule has 0 bridgehead atoms. The zero-order valence-electron chi connectivity index (χ0n) is 10.8. The highest BCUT2D eigenvalue weighted by molar-refractivity contribution is 8.13. The molecular weight excluding hydrogens is 323 g/mol. The van der Waals surface area contributed by atoms with Gasteiger partial charge in [-0.2, -0.15) is 0 Å². The minimum absolute atomic E-state index is 0.116. The number of ether oxygens (including phenoxy) is 2. The highest BCUT2D eigenvalue weighted by atomic mass is 35.7. The number of benzene rings is 1. The van der Waals surface area contributed by atoms with E-state index in [9.17, 15) is 8.42 Å². The van der Waals surface area contributed by atoms with E-state index in [1.807, 2.05) is 12.1 Å². The predicted octanol–water partition coefficient (Wildman–Crippen LogP) is 3.08. The van der Waals surface area contributed by atoms with Crippen LogP contribution in [0.1, 0.15) is 12.8 Å². The molecule has 20 heavy (non-hydrogen) atoms. The maximum Gasteiger partial charge on any atom is 0.233 e. The van der Waals surface area contributed by atoms with Gasteiger partial charge in [-0.3, -0.25) is 0 Å². The summed E-state index contributed by atoms with van der Waals surface area (Å²) in [4.78, 5) is 0. The fraction of sp³-hybridized carbons (Fsp3) is 0.538. The number of para-hydroxylation sites is 1. The van der Waals surface area contributed by atoms with Crippen LogP contribution >= 0.6 is 22.3 Å². The minimum Gasteiger partial charge on any atom is -0.491 e. The fourth-order valence-electron chi connectivity index (χ4n) is 2.29. The summed E-state index contributed by atoms with van der Waals surface area (Å²) in [5.74, 6) is 0.432. The van der Waals surface area contributed by atoms with E-state index in [0.29, 0.717) is 36.8 Å². The lowest BCUT2D eigenvalue weighted by molar-refractivity contribution is 0.00230. The molecule has 1 heterocycles. The average Bonchev–Trinajstić information content (AvgIpc) is 2.37. The first kappa shape index (κ1) is 15.9. The largest absolute Gasteiger partial charge is 0.491 e. The monoisotopic (exact) mass is 338 g/mol. The molecule has 1 saturated heterocycles. The van der Waals surface area contributed by atoms with Crippen molar-refractivity contribution in [3.8, 4) is 5.75 Å². The van der Waals surface area contributed by atoms with Crippen LogP contribution in [0.4, 0.5) is 0 Å². The van der Waals surface area contributed by atoms with Gasteiger partial charge in [0.2, 0.25) is 9.05 Å². The highest BCUT2D eigenvalue weighted by Crippen LogP contribution is 2.35. The van der Waals surface area contributed by atoms with E-state index in [4.69, 9.17) is 31.8 Å². The molecule has 7 heteroatoms. The van der Waals surface area contributed by atoms with E-state index in [0.717, 1.165) is 0 Å². The number of hydrogen-bond donors (Lipinski definition) is 0. The Hall–Kier alpha value is -0.490. The van der Waals surface area contributed by atoms with Gasteiger partial charge >= 0.3 is 0 Å². The summed E-state index contributed by atoms with van der Waals surface area (Å²) in [5.41, 5.74) is -0.516. The first-order valence-electron chi connectivity index (χ1n) is 6.28.